The molecule has 0 radical (unpaired) electrons. The quantitative estimate of drug-likeness (QED) is 0.741. The van der Waals surface area contributed by atoms with Crippen LogP contribution in [0, 0.1) is 19.8 Å². The number of piperidine rings is 1. The van der Waals surface area contributed by atoms with Gasteiger partial charge in [-0.05, 0) is 87.1 Å². The number of hydrogen-bond acceptors (Lipinski definition) is 4. The van der Waals surface area contributed by atoms with Crippen LogP contribution in [0.15, 0.2) is 41.3 Å². The minimum absolute atomic E-state index is 0.0158. The summed E-state index contributed by atoms with van der Waals surface area (Å²) in [4.78, 5) is 26.6. The van der Waals surface area contributed by atoms with Gasteiger partial charge in [-0.25, -0.2) is 8.42 Å². The Labute approximate surface area is 195 Å². The molecule has 0 aromatic heterocycles. The number of sulfonamides is 1. The van der Waals surface area contributed by atoms with Gasteiger partial charge in [0.2, 0.25) is 21.8 Å². The number of fused-ring (bicyclic) bond motifs is 1. The van der Waals surface area contributed by atoms with Crippen molar-refractivity contribution in [3.05, 3.63) is 53.1 Å². The van der Waals surface area contributed by atoms with Gasteiger partial charge in [-0.15, -0.1) is 0 Å². The average molecular weight is 470 g/mol. The third kappa shape index (κ3) is 4.54. The fraction of sp³-hybridized carbons (Fsp3) is 0.440. The number of amides is 2. The minimum Gasteiger partial charge on any atom is -0.326 e. The second kappa shape index (κ2) is 8.91. The molecule has 1 N–H and O–H groups in total. The maximum Gasteiger partial charge on any atom is 0.243 e. The normalized spacial score (nSPS) is 19.4. The number of nitrogens with one attached hydrogen (secondary N) is 1. The number of benzene rings is 2. The molecule has 0 unspecified atom stereocenters. The molecule has 0 bridgehead atoms. The van der Waals surface area contributed by atoms with Crippen LogP contribution in [0.1, 0.15) is 43.4 Å². The van der Waals surface area contributed by atoms with Crippen molar-refractivity contribution < 1.29 is 18.0 Å². The molecule has 2 aliphatic rings. The molecule has 0 spiro atoms. The standard InChI is InChI=1S/C25H31N3O4S/c1-16-5-6-22(13-17(16)2)26-25(30)20-9-11-27(12-10-20)33(31,32)23-7-8-24-21(15-23)14-18(3)28(24)19(4)29/h5-8,13,15,18,20H,9-12,14H2,1-4H3,(H,26,30)/t18-/m0/s1. The van der Waals surface area contributed by atoms with Gasteiger partial charge in [0.25, 0.3) is 0 Å². The first-order valence-electron chi connectivity index (χ1n) is 11.4. The molecule has 2 amide bonds. The van der Waals surface area contributed by atoms with Gasteiger partial charge in [0, 0.05) is 43.3 Å². The fourth-order valence-corrected chi connectivity index (χ4v) is 6.34. The van der Waals surface area contributed by atoms with Gasteiger partial charge in [0.05, 0.1) is 4.90 Å². The molecule has 2 aliphatic heterocycles. The topological polar surface area (TPSA) is 86.8 Å². The van der Waals surface area contributed by atoms with E-state index in [0.717, 1.165) is 22.5 Å². The first-order valence-corrected chi connectivity index (χ1v) is 12.8. The second-order valence-corrected chi connectivity index (χ2v) is 11.1. The van der Waals surface area contributed by atoms with E-state index in [9.17, 15) is 18.0 Å². The highest BCUT2D eigenvalue weighted by Gasteiger charge is 2.34. The van der Waals surface area contributed by atoms with Crippen molar-refractivity contribution in [3.8, 4) is 0 Å². The summed E-state index contributed by atoms with van der Waals surface area (Å²) in [6.45, 7) is 8.13. The van der Waals surface area contributed by atoms with Gasteiger partial charge in [-0.1, -0.05) is 6.07 Å². The lowest BCUT2D eigenvalue weighted by molar-refractivity contribution is -0.121. The molecule has 1 fully saturated rings. The number of carbonyl (C=O) groups is 2. The highest BCUT2D eigenvalue weighted by molar-refractivity contribution is 7.89. The van der Waals surface area contributed by atoms with E-state index in [2.05, 4.69) is 5.32 Å². The number of hydrogen-bond donors (Lipinski definition) is 1. The molecular weight excluding hydrogens is 438 g/mol. The van der Waals surface area contributed by atoms with E-state index in [1.54, 1.807) is 23.1 Å². The Bertz CT molecular complexity index is 1200. The lowest BCUT2D eigenvalue weighted by atomic mass is 9.97. The minimum atomic E-state index is -3.66. The monoisotopic (exact) mass is 469 g/mol. The Kier molecular flexibility index (Phi) is 6.33. The van der Waals surface area contributed by atoms with Crippen LogP contribution in [0.25, 0.3) is 0 Å². The first kappa shape index (κ1) is 23.4. The summed E-state index contributed by atoms with van der Waals surface area (Å²) in [5.74, 6) is -0.327. The summed E-state index contributed by atoms with van der Waals surface area (Å²) in [6, 6.07) is 10.9. The first-order chi connectivity index (χ1) is 15.6. The zero-order valence-electron chi connectivity index (χ0n) is 19.6. The maximum atomic E-state index is 13.3. The smallest absolute Gasteiger partial charge is 0.243 e. The van der Waals surface area contributed by atoms with E-state index >= 15 is 0 Å². The number of anilines is 2. The Morgan fingerprint density at radius 2 is 1.70 bits per heavy atom. The maximum absolute atomic E-state index is 13.3. The third-order valence-corrected chi connectivity index (χ3v) is 8.74. The predicted octanol–water partition coefficient (Wildman–Crippen LogP) is 3.64. The molecule has 1 atom stereocenters. The second-order valence-electron chi connectivity index (χ2n) is 9.20. The summed E-state index contributed by atoms with van der Waals surface area (Å²) in [5.41, 5.74) is 4.72. The van der Waals surface area contributed by atoms with Crippen LogP contribution in [-0.2, 0) is 26.0 Å². The van der Waals surface area contributed by atoms with Gasteiger partial charge in [-0.2, -0.15) is 4.31 Å². The lowest BCUT2D eigenvalue weighted by Gasteiger charge is -2.30. The molecule has 2 aromatic rings. The van der Waals surface area contributed by atoms with E-state index in [1.165, 1.54) is 16.8 Å². The molecular formula is C25H31N3O4S. The molecule has 4 rings (SSSR count). The number of rotatable bonds is 4. The van der Waals surface area contributed by atoms with Gasteiger partial charge in [0.15, 0.2) is 0 Å². The summed E-state index contributed by atoms with van der Waals surface area (Å²) >= 11 is 0. The van der Waals surface area contributed by atoms with Gasteiger partial charge >= 0.3 is 0 Å². The van der Waals surface area contributed by atoms with Crippen LogP contribution in [0.2, 0.25) is 0 Å². The van der Waals surface area contributed by atoms with Gasteiger partial charge in [0.1, 0.15) is 0 Å². The van der Waals surface area contributed by atoms with Gasteiger partial charge in [-0.3, -0.25) is 9.59 Å². The third-order valence-electron chi connectivity index (χ3n) is 6.84. The molecule has 176 valence electrons. The summed E-state index contributed by atoms with van der Waals surface area (Å²) < 4.78 is 28.0. The van der Waals surface area contributed by atoms with E-state index in [4.69, 9.17) is 0 Å². The molecule has 0 aliphatic carbocycles. The zero-order valence-corrected chi connectivity index (χ0v) is 20.4. The fourth-order valence-electron chi connectivity index (χ4n) is 4.82. The highest BCUT2D eigenvalue weighted by atomic mass is 32.2. The lowest BCUT2D eigenvalue weighted by Crippen LogP contribution is -2.41. The Morgan fingerprint density at radius 3 is 2.33 bits per heavy atom. The van der Waals surface area contributed by atoms with Crippen molar-refractivity contribution in [1.29, 1.82) is 0 Å². The van der Waals surface area contributed by atoms with Crippen LogP contribution in [0.4, 0.5) is 11.4 Å². The molecule has 0 saturated carbocycles. The van der Waals surface area contributed by atoms with Crippen molar-refractivity contribution in [2.24, 2.45) is 5.92 Å². The van der Waals surface area contributed by atoms with Crippen LogP contribution in [0.3, 0.4) is 0 Å². The van der Waals surface area contributed by atoms with E-state index in [1.807, 2.05) is 39.0 Å². The molecule has 33 heavy (non-hydrogen) atoms. The van der Waals surface area contributed by atoms with Crippen molar-refractivity contribution in [2.75, 3.05) is 23.3 Å². The van der Waals surface area contributed by atoms with Crippen LogP contribution >= 0.6 is 0 Å². The van der Waals surface area contributed by atoms with Crippen LogP contribution in [0.5, 0.6) is 0 Å². The van der Waals surface area contributed by atoms with Crippen molar-refractivity contribution in [1.82, 2.24) is 4.31 Å². The number of aryl methyl sites for hydroxylation is 2. The Hall–Kier alpha value is -2.71. The average Bonchev–Trinajstić information content (AvgIpc) is 3.11. The summed E-state index contributed by atoms with van der Waals surface area (Å²) in [7, 11) is -3.66. The molecule has 2 heterocycles. The molecule has 7 nitrogen and oxygen atoms in total. The van der Waals surface area contributed by atoms with Crippen molar-refractivity contribution >= 4 is 33.2 Å². The van der Waals surface area contributed by atoms with E-state index in [0.29, 0.717) is 32.4 Å². The summed E-state index contributed by atoms with van der Waals surface area (Å²) in [5, 5.41) is 2.97. The largest absolute Gasteiger partial charge is 0.326 e. The van der Waals surface area contributed by atoms with Crippen molar-refractivity contribution in [3.63, 3.8) is 0 Å². The van der Waals surface area contributed by atoms with E-state index in [-0.39, 0.29) is 28.7 Å². The summed E-state index contributed by atoms with van der Waals surface area (Å²) in [6.07, 6.45) is 1.60. The number of nitrogens with zero attached hydrogens (tertiary/aromatic N) is 2. The van der Waals surface area contributed by atoms with Gasteiger partial charge < -0.3 is 10.2 Å². The van der Waals surface area contributed by atoms with Crippen LogP contribution in [-0.4, -0.2) is 43.7 Å². The Balaban J connectivity index is 1.42. The SMILES string of the molecule is CC(=O)N1c2ccc(S(=O)(=O)N3CCC(C(=O)Nc4ccc(C)c(C)c4)CC3)cc2C[C@@H]1C. The molecule has 2 aromatic carbocycles. The van der Waals surface area contributed by atoms with E-state index < -0.39 is 10.0 Å². The molecule has 1 saturated heterocycles. The van der Waals surface area contributed by atoms with Crippen LogP contribution < -0.4 is 10.2 Å². The predicted molar refractivity (Wildman–Crippen MR) is 129 cm³/mol. The number of carbonyl (C=O) groups excluding carboxylic acids is 2. The van der Waals surface area contributed by atoms with Crippen molar-refractivity contribution in [2.45, 2.75) is 57.9 Å². The molecule has 8 heteroatoms. The Morgan fingerprint density at radius 1 is 1.00 bits per heavy atom. The highest BCUT2D eigenvalue weighted by Crippen LogP contribution is 2.35. The zero-order chi connectivity index (χ0) is 23.9.